The molecule has 0 radical (unpaired) electrons. The molecular weight excluding hydrogens is 415 g/mol. The average Bonchev–Trinajstić information content (AvgIpc) is 2.61. The Hall–Kier alpha value is 0.517. The van der Waals surface area contributed by atoms with E-state index in [-0.39, 0.29) is 6.10 Å². The minimum Gasteiger partial charge on any atom is -0.379 e. The monoisotopic (exact) mass is 448 g/mol. The minimum absolute atomic E-state index is 0.150. The smallest absolute Gasteiger partial charge is 0.248 e. The van der Waals surface area contributed by atoms with E-state index >= 15 is 0 Å². The van der Waals surface area contributed by atoms with Crippen molar-refractivity contribution in [3.8, 4) is 0 Å². The standard InChI is InChI=1S/C17H34Cl2O7Si/c1-27(18,19)14-2-3-24-15-17-16-25-11-10-22-7-6-20-4-5-21-8-9-23-12-13-26-17/h17H,2-16H2,1H3. The van der Waals surface area contributed by atoms with Crippen LogP contribution in [0.4, 0.5) is 0 Å². The fourth-order valence-corrected chi connectivity index (χ4v) is 3.78. The van der Waals surface area contributed by atoms with Gasteiger partial charge in [0.25, 0.3) is 0 Å². The van der Waals surface area contributed by atoms with Crippen LogP contribution in [0.5, 0.6) is 0 Å². The van der Waals surface area contributed by atoms with Crippen LogP contribution in [0.1, 0.15) is 6.42 Å². The van der Waals surface area contributed by atoms with Crippen molar-refractivity contribution in [2.24, 2.45) is 0 Å². The van der Waals surface area contributed by atoms with Crippen LogP contribution in [0.25, 0.3) is 0 Å². The third-order valence-electron chi connectivity index (χ3n) is 3.58. The van der Waals surface area contributed by atoms with Gasteiger partial charge in [0.1, 0.15) is 6.10 Å². The van der Waals surface area contributed by atoms with Crippen LogP contribution in [-0.4, -0.2) is 98.7 Å². The third-order valence-corrected chi connectivity index (χ3v) is 5.95. The number of rotatable bonds is 6. The van der Waals surface area contributed by atoms with Crippen molar-refractivity contribution in [1.82, 2.24) is 0 Å². The second kappa shape index (κ2) is 17.4. The summed E-state index contributed by atoms with van der Waals surface area (Å²) in [5.74, 6) is 0. The second-order valence-corrected chi connectivity index (χ2v) is 14.5. The molecule has 1 rings (SSSR count). The lowest BCUT2D eigenvalue weighted by atomic mass is 10.4. The first-order chi connectivity index (χ1) is 13.1. The molecule has 0 saturated carbocycles. The Morgan fingerprint density at radius 2 is 1.26 bits per heavy atom. The van der Waals surface area contributed by atoms with Gasteiger partial charge in [-0.25, -0.2) is 0 Å². The SMILES string of the molecule is C[Si](Cl)(Cl)CCCOCC1COCCOCCOCCOCCOCCO1. The molecule has 0 spiro atoms. The maximum atomic E-state index is 6.09. The Kier molecular flexibility index (Phi) is 16.5. The van der Waals surface area contributed by atoms with Gasteiger partial charge in [0.05, 0.1) is 79.3 Å². The van der Waals surface area contributed by atoms with Gasteiger partial charge in [-0.05, 0) is 19.0 Å². The Morgan fingerprint density at radius 3 is 1.78 bits per heavy atom. The van der Waals surface area contributed by atoms with Crippen LogP contribution in [0.15, 0.2) is 0 Å². The quantitative estimate of drug-likeness (QED) is 0.351. The van der Waals surface area contributed by atoms with Crippen molar-refractivity contribution in [2.45, 2.75) is 25.1 Å². The highest BCUT2D eigenvalue weighted by Gasteiger charge is 2.20. The van der Waals surface area contributed by atoms with Crippen LogP contribution < -0.4 is 0 Å². The molecule has 0 bridgehead atoms. The lowest BCUT2D eigenvalue weighted by molar-refractivity contribution is -0.0843. The molecule has 0 aromatic carbocycles. The molecule has 7 nitrogen and oxygen atoms in total. The zero-order chi connectivity index (χ0) is 19.6. The van der Waals surface area contributed by atoms with Gasteiger partial charge >= 0.3 is 0 Å². The Bertz CT molecular complexity index is 317. The van der Waals surface area contributed by atoms with Gasteiger partial charge in [0.15, 0.2) is 0 Å². The Morgan fingerprint density at radius 1 is 0.778 bits per heavy atom. The van der Waals surface area contributed by atoms with Gasteiger partial charge in [-0.15, -0.1) is 22.2 Å². The van der Waals surface area contributed by atoms with E-state index in [1.807, 2.05) is 6.55 Å². The summed E-state index contributed by atoms with van der Waals surface area (Å²) in [7, 11) is 0. The number of hydrogen-bond donors (Lipinski definition) is 0. The molecule has 0 amide bonds. The highest BCUT2D eigenvalue weighted by atomic mass is 35.7. The summed E-state index contributed by atoms with van der Waals surface area (Å²) in [6, 6.07) is 0.815. The van der Waals surface area contributed by atoms with E-state index in [0.717, 1.165) is 12.5 Å². The molecule has 162 valence electrons. The van der Waals surface area contributed by atoms with Crippen LogP contribution in [-0.2, 0) is 33.2 Å². The summed E-state index contributed by atoms with van der Waals surface area (Å²) in [6.45, 7) is 6.65. The van der Waals surface area contributed by atoms with E-state index in [0.29, 0.717) is 85.9 Å². The van der Waals surface area contributed by atoms with E-state index in [2.05, 4.69) is 0 Å². The highest BCUT2D eigenvalue weighted by Crippen LogP contribution is 2.21. The molecular formula is C17H34Cl2O7Si. The van der Waals surface area contributed by atoms with Crippen molar-refractivity contribution < 1.29 is 33.2 Å². The van der Waals surface area contributed by atoms with Crippen LogP contribution >= 0.6 is 22.2 Å². The Labute approximate surface area is 173 Å². The van der Waals surface area contributed by atoms with Crippen molar-refractivity contribution in [3.63, 3.8) is 0 Å². The van der Waals surface area contributed by atoms with Crippen molar-refractivity contribution >= 4 is 28.9 Å². The van der Waals surface area contributed by atoms with Gasteiger partial charge in [-0.1, -0.05) is 0 Å². The zero-order valence-electron chi connectivity index (χ0n) is 16.3. The molecule has 1 fully saturated rings. The Balaban J connectivity index is 2.22. The molecule has 0 aromatic rings. The number of hydrogen-bond acceptors (Lipinski definition) is 7. The van der Waals surface area contributed by atoms with Crippen LogP contribution in [0.3, 0.4) is 0 Å². The third kappa shape index (κ3) is 18.3. The summed E-state index contributed by atoms with van der Waals surface area (Å²) >= 11 is 12.2. The van der Waals surface area contributed by atoms with Gasteiger partial charge < -0.3 is 33.2 Å². The summed E-state index contributed by atoms with van der Waals surface area (Å²) in [5, 5.41) is 0. The maximum Gasteiger partial charge on any atom is 0.248 e. The normalized spacial score (nSPS) is 23.4. The summed E-state index contributed by atoms with van der Waals surface area (Å²) in [6.07, 6.45) is 0.699. The molecule has 1 atom stereocenters. The highest BCUT2D eigenvalue weighted by molar-refractivity contribution is 7.44. The van der Waals surface area contributed by atoms with Crippen LogP contribution in [0.2, 0.25) is 12.6 Å². The summed E-state index contributed by atoms with van der Waals surface area (Å²) < 4.78 is 38.9. The molecule has 1 aliphatic heterocycles. The fraction of sp³-hybridized carbons (Fsp3) is 1.00. The summed E-state index contributed by atoms with van der Waals surface area (Å²) in [4.78, 5) is 0. The first-order valence-electron chi connectivity index (χ1n) is 9.54. The molecule has 0 aliphatic carbocycles. The van der Waals surface area contributed by atoms with Gasteiger partial charge in [0, 0.05) is 6.61 Å². The molecule has 0 aromatic heterocycles. The molecule has 10 heteroatoms. The molecule has 1 aliphatic rings. The average molecular weight is 449 g/mol. The number of ether oxygens (including phenoxy) is 7. The summed E-state index contributed by atoms with van der Waals surface area (Å²) in [5.41, 5.74) is 0. The van der Waals surface area contributed by atoms with Crippen molar-refractivity contribution in [3.05, 3.63) is 0 Å². The van der Waals surface area contributed by atoms with Gasteiger partial charge in [-0.2, -0.15) is 0 Å². The van der Waals surface area contributed by atoms with Crippen LogP contribution in [0, 0.1) is 0 Å². The van der Waals surface area contributed by atoms with E-state index in [1.54, 1.807) is 0 Å². The largest absolute Gasteiger partial charge is 0.379 e. The molecule has 0 N–H and O–H groups in total. The molecule has 27 heavy (non-hydrogen) atoms. The van der Waals surface area contributed by atoms with Crippen molar-refractivity contribution in [2.75, 3.05) is 85.9 Å². The van der Waals surface area contributed by atoms with E-state index in [1.165, 1.54) is 0 Å². The lowest BCUT2D eigenvalue weighted by Gasteiger charge is -2.19. The van der Waals surface area contributed by atoms with E-state index in [4.69, 9.17) is 55.3 Å². The fourth-order valence-electron chi connectivity index (χ4n) is 2.21. The van der Waals surface area contributed by atoms with E-state index < -0.39 is 6.69 Å². The zero-order valence-corrected chi connectivity index (χ0v) is 18.8. The topological polar surface area (TPSA) is 64.6 Å². The minimum atomic E-state index is -2.05. The first-order valence-corrected chi connectivity index (χ1v) is 14.3. The van der Waals surface area contributed by atoms with Crippen molar-refractivity contribution in [1.29, 1.82) is 0 Å². The first kappa shape index (κ1) is 25.6. The molecule has 1 heterocycles. The molecule has 1 saturated heterocycles. The lowest BCUT2D eigenvalue weighted by Crippen LogP contribution is -2.28. The van der Waals surface area contributed by atoms with E-state index in [9.17, 15) is 0 Å². The van der Waals surface area contributed by atoms with Gasteiger partial charge in [0.2, 0.25) is 6.69 Å². The maximum absolute atomic E-state index is 6.09. The predicted molar refractivity (Wildman–Crippen MR) is 107 cm³/mol. The predicted octanol–water partition coefficient (Wildman–Crippen LogP) is 2.42. The number of halogens is 2. The molecule has 1 unspecified atom stereocenters. The van der Waals surface area contributed by atoms with Gasteiger partial charge in [-0.3, -0.25) is 0 Å². The second-order valence-electron chi connectivity index (χ2n) is 6.27.